The third kappa shape index (κ3) is 5.02. The highest BCUT2D eigenvalue weighted by atomic mass is 19.1. The molecule has 0 aromatic carbocycles. The van der Waals surface area contributed by atoms with Gasteiger partial charge in [-0.05, 0) is 50.8 Å². The van der Waals surface area contributed by atoms with Gasteiger partial charge >= 0.3 is 0 Å². The molecule has 7 heteroatoms. The van der Waals surface area contributed by atoms with Crippen LogP contribution in [0.25, 0.3) is 0 Å². The van der Waals surface area contributed by atoms with E-state index in [-0.39, 0.29) is 21.1 Å². The zero-order valence-corrected chi connectivity index (χ0v) is 17.3. The summed E-state index contributed by atoms with van der Waals surface area (Å²) >= 11 is 0. The highest BCUT2D eigenvalue weighted by Gasteiger charge is 2.33. The molecule has 0 spiro atoms. The van der Waals surface area contributed by atoms with Crippen molar-refractivity contribution in [3.05, 3.63) is 70.7 Å². The lowest BCUT2D eigenvalue weighted by Gasteiger charge is -2.31. The average molecular weight is 408 g/mol. The van der Waals surface area contributed by atoms with E-state index in [0.717, 1.165) is 29.0 Å². The Morgan fingerprint density at radius 2 is 1.97 bits per heavy atom. The number of alkyl halides is 1. The molecule has 0 aromatic heterocycles. The van der Waals surface area contributed by atoms with Crippen LogP contribution in [-0.4, -0.2) is 24.0 Å². The summed E-state index contributed by atoms with van der Waals surface area (Å²) in [7, 11) is 0. The fourth-order valence-electron chi connectivity index (χ4n) is 3.41. The third-order valence-corrected chi connectivity index (χ3v) is 4.82. The molecular weight excluding hydrogens is 376 g/mol. The Labute approximate surface area is 173 Å². The van der Waals surface area contributed by atoms with Crippen molar-refractivity contribution in [2.45, 2.75) is 53.3 Å². The first-order valence-corrected chi connectivity index (χ1v) is 9.66. The van der Waals surface area contributed by atoms with Crippen LogP contribution < -0.4 is 16.0 Å². The van der Waals surface area contributed by atoms with Gasteiger partial charge in [-0.25, -0.2) is 8.78 Å². The molecule has 0 saturated heterocycles. The first kappa shape index (κ1) is 22.6. The molecule has 0 fully saturated rings. The molecular formula is C22H31F2N3O2. The number of nitrogens with one attached hydrogen (secondary N) is 3. The van der Waals surface area contributed by atoms with Crippen molar-refractivity contribution >= 4 is 11.8 Å². The van der Waals surface area contributed by atoms with E-state index in [0.29, 0.717) is 11.6 Å². The van der Waals surface area contributed by atoms with Crippen LogP contribution in [0.2, 0.25) is 0 Å². The predicted molar refractivity (Wildman–Crippen MR) is 113 cm³/mol. The Bertz CT molecular complexity index is 835. The Morgan fingerprint density at radius 1 is 1.28 bits per heavy atom. The second kappa shape index (κ2) is 9.67. The summed E-state index contributed by atoms with van der Waals surface area (Å²) in [6.45, 7) is 9.31. The maximum Gasteiger partial charge on any atom is 0.249 e. The summed E-state index contributed by atoms with van der Waals surface area (Å²) in [5, 5.41) is 8.56. The number of halogens is 2. The number of amides is 2. The first-order chi connectivity index (χ1) is 13.8. The molecule has 1 aliphatic carbocycles. The molecule has 29 heavy (non-hydrogen) atoms. The van der Waals surface area contributed by atoms with E-state index in [4.69, 9.17) is 0 Å². The molecule has 3 aliphatic rings. The van der Waals surface area contributed by atoms with Gasteiger partial charge in [-0.2, -0.15) is 0 Å². The van der Waals surface area contributed by atoms with Gasteiger partial charge in [0.2, 0.25) is 11.8 Å². The van der Waals surface area contributed by atoms with Crippen LogP contribution in [0.15, 0.2) is 58.7 Å². The van der Waals surface area contributed by atoms with Crippen molar-refractivity contribution in [1.82, 2.24) is 16.0 Å². The lowest BCUT2D eigenvalue weighted by atomic mass is 9.86. The number of hydrogen-bond donors (Lipinski definition) is 3. The molecule has 1 unspecified atom stereocenters. The van der Waals surface area contributed by atoms with Crippen LogP contribution in [0.3, 0.4) is 0 Å². The summed E-state index contributed by atoms with van der Waals surface area (Å²) in [5.41, 5.74) is 2.83. The fraction of sp³-hybridized carbons (Fsp3) is 0.364. The maximum atomic E-state index is 14.0. The molecule has 2 amide bonds. The number of carbonyl (C=O) groups is 2. The SMILES string of the molecule is CC.CC1=C2[C](C=CN1)NC(=O)C(CC(=O)N[C@@H](C)[C]1C=CC(F)=CC1F)=C2C.[HH].[HH]. The van der Waals surface area contributed by atoms with Gasteiger partial charge in [-0.3, -0.25) is 9.59 Å². The molecule has 2 atom stereocenters. The lowest BCUT2D eigenvalue weighted by molar-refractivity contribution is -0.123. The van der Waals surface area contributed by atoms with Crippen molar-refractivity contribution in [2.24, 2.45) is 0 Å². The zero-order chi connectivity index (χ0) is 21.7. The normalized spacial score (nSPS) is 22.8. The standard InChI is InChI=1S/C20H21F2N3O2.C2H6.2H2/c1-10-15(20(27)25-17-6-7-23-12(3)19(10)17)9-18(26)24-11(2)14-5-4-13(21)8-16(14)22;1-2;;/h4-8,11,16,23H,9H2,1-3H3,(H,24,26)(H,25,27);1-2H3;2*1H/t11-,16?;;;/m0.../s1. The van der Waals surface area contributed by atoms with E-state index in [1.165, 1.54) is 6.08 Å². The van der Waals surface area contributed by atoms with Crippen LogP contribution in [0, 0.1) is 12.0 Å². The highest BCUT2D eigenvalue weighted by Crippen LogP contribution is 2.33. The average Bonchev–Trinajstić information content (AvgIpc) is 2.66. The van der Waals surface area contributed by atoms with E-state index in [1.807, 2.05) is 20.8 Å². The van der Waals surface area contributed by atoms with E-state index in [1.54, 1.807) is 26.1 Å². The van der Waals surface area contributed by atoms with E-state index >= 15 is 0 Å². The number of allylic oxidation sites excluding steroid dienone is 4. The van der Waals surface area contributed by atoms with Gasteiger partial charge in [0.25, 0.3) is 0 Å². The van der Waals surface area contributed by atoms with Crippen LogP contribution in [-0.2, 0) is 9.59 Å². The molecule has 160 valence electrons. The maximum absolute atomic E-state index is 14.0. The fourth-order valence-corrected chi connectivity index (χ4v) is 3.41. The minimum Gasteiger partial charge on any atom is -0.365 e. The quantitative estimate of drug-likeness (QED) is 0.657. The summed E-state index contributed by atoms with van der Waals surface area (Å²) < 4.78 is 27.0. The Morgan fingerprint density at radius 3 is 2.62 bits per heavy atom. The number of hydrogen-bond acceptors (Lipinski definition) is 3. The van der Waals surface area contributed by atoms with Crippen LogP contribution in [0.1, 0.15) is 43.9 Å². The zero-order valence-electron chi connectivity index (χ0n) is 17.3. The topological polar surface area (TPSA) is 70.2 Å². The van der Waals surface area contributed by atoms with Gasteiger partial charge in [-0.1, -0.05) is 19.9 Å². The van der Waals surface area contributed by atoms with Gasteiger partial charge in [0, 0.05) is 25.7 Å². The minimum atomic E-state index is -1.59. The van der Waals surface area contributed by atoms with Gasteiger partial charge in [-0.15, -0.1) is 0 Å². The van der Waals surface area contributed by atoms with Crippen LogP contribution in [0.4, 0.5) is 8.78 Å². The number of dihydropyridines is 1. The van der Waals surface area contributed by atoms with Gasteiger partial charge in [0.1, 0.15) is 18.0 Å². The predicted octanol–water partition coefficient (Wildman–Crippen LogP) is 4.10. The van der Waals surface area contributed by atoms with E-state index in [2.05, 4.69) is 16.0 Å². The summed E-state index contributed by atoms with van der Waals surface area (Å²) in [6, 6.07) is 0.0753. The van der Waals surface area contributed by atoms with Crippen molar-refractivity contribution in [3.8, 4) is 0 Å². The summed E-state index contributed by atoms with van der Waals surface area (Å²) in [5.74, 6) is -1.11. The second-order valence-corrected chi connectivity index (χ2v) is 6.70. The second-order valence-electron chi connectivity index (χ2n) is 6.70. The van der Waals surface area contributed by atoms with Gasteiger partial charge in [0.05, 0.1) is 12.3 Å². The van der Waals surface area contributed by atoms with Gasteiger partial charge < -0.3 is 16.0 Å². The van der Waals surface area contributed by atoms with Crippen molar-refractivity contribution in [2.75, 3.05) is 0 Å². The molecule has 2 aliphatic heterocycles. The van der Waals surface area contributed by atoms with E-state index in [9.17, 15) is 18.4 Å². The molecule has 2 radical (unpaired) electrons. The molecule has 3 N–H and O–H groups in total. The first-order valence-electron chi connectivity index (χ1n) is 9.66. The van der Waals surface area contributed by atoms with Crippen LogP contribution in [0.5, 0.6) is 0 Å². The van der Waals surface area contributed by atoms with Crippen molar-refractivity contribution in [3.63, 3.8) is 0 Å². The van der Waals surface area contributed by atoms with Crippen LogP contribution >= 0.6 is 0 Å². The molecule has 0 saturated carbocycles. The molecule has 2 heterocycles. The summed E-state index contributed by atoms with van der Waals surface area (Å²) in [6.07, 6.45) is 5.13. The highest BCUT2D eigenvalue weighted by molar-refractivity contribution is 6.03. The molecule has 0 aromatic rings. The molecule has 5 nitrogen and oxygen atoms in total. The third-order valence-electron chi connectivity index (χ3n) is 4.82. The Balaban J connectivity index is 0.00000219. The molecule has 0 bridgehead atoms. The van der Waals surface area contributed by atoms with Gasteiger partial charge in [0.15, 0.2) is 0 Å². The smallest absolute Gasteiger partial charge is 0.249 e. The largest absolute Gasteiger partial charge is 0.365 e. The number of fused-ring (bicyclic) bond motifs is 1. The molecule has 3 rings (SSSR count). The Kier molecular flexibility index (Phi) is 7.53. The lowest BCUT2D eigenvalue weighted by Crippen LogP contribution is -2.42. The Hall–Kier alpha value is -2.70. The van der Waals surface area contributed by atoms with Crippen molar-refractivity contribution < 1.29 is 21.2 Å². The van der Waals surface area contributed by atoms with Crippen molar-refractivity contribution in [1.29, 1.82) is 0 Å². The number of rotatable bonds is 4. The van der Waals surface area contributed by atoms with E-state index < -0.39 is 23.9 Å². The minimum absolute atomic E-state index is 0. The summed E-state index contributed by atoms with van der Waals surface area (Å²) in [4.78, 5) is 24.8. The number of carbonyl (C=O) groups excluding carboxylic acids is 2. The monoisotopic (exact) mass is 407 g/mol.